The van der Waals surface area contributed by atoms with E-state index in [1.165, 1.54) is 12.0 Å². The van der Waals surface area contributed by atoms with Crippen LogP contribution >= 0.6 is 0 Å². The molecule has 12 heavy (non-hydrogen) atoms. The van der Waals surface area contributed by atoms with Crippen LogP contribution in [0.4, 0.5) is 0 Å². The minimum Gasteiger partial charge on any atom is -0.392 e. The van der Waals surface area contributed by atoms with Gasteiger partial charge in [-0.15, -0.1) is 0 Å². The Morgan fingerprint density at radius 3 is 3.00 bits per heavy atom. The number of hydrogen-bond acceptors (Lipinski definition) is 2. The maximum atomic E-state index is 8.87. The van der Waals surface area contributed by atoms with E-state index in [2.05, 4.69) is 18.3 Å². The fraction of sp³-hybridized carbons (Fsp3) is 0.800. The lowest BCUT2D eigenvalue weighted by Gasteiger charge is -2.20. The Bertz CT molecular complexity index is 154. The Morgan fingerprint density at radius 1 is 1.67 bits per heavy atom. The van der Waals surface area contributed by atoms with E-state index in [0.717, 1.165) is 31.8 Å². The van der Waals surface area contributed by atoms with Crippen molar-refractivity contribution in [1.29, 1.82) is 0 Å². The number of allylic oxidation sites excluding steroid dienone is 1. The summed E-state index contributed by atoms with van der Waals surface area (Å²) in [5.41, 5.74) is 1.22. The van der Waals surface area contributed by atoms with E-state index in [9.17, 15) is 0 Å². The zero-order valence-corrected chi connectivity index (χ0v) is 7.84. The molecular formula is C10H19NO. The third-order valence-corrected chi connectivity index (χ3v) is 2.50. The van der Waals surface area contributed by atoms with Crippen LogP contribution in [0.1, 0.15) is 26.2 Å². The molecule has 0 bridgehead atoms. The van der Waals surface area contributed by atoms with Gasteiger partial charge in [-0.1, -0.05) is 13.0 Å². The SMILES string of the molecule is CCNCC1CC=C(CO)CC1. The summed E-state index contributed by atoms with van der Waals surface area (Å²) >= 11 is 0. The Morgan fingerprint density at radius 2 is 2.50 bits per heavy atom. The molecule has 0 radical (unpaired) electrons. The van der Waals surface area contributed by atoms with E-state index < -0.39 is 0 Å². The van der Waals surface area contributed by atoms with Crippen molar-refractivity contribution in [3.05, 3.63) is 11.6 Å². The lowest BCUT2D eigenvalue weighted by atomic mass is 9.90. The molecule has 2 N–H and O–H groups in total. The van der Waals surface area contributed by atoms with Gasteiger partial charge in [-0.2, -0.15) is 0 Å². The maximum absolute atomic E-state index is 8.87. The third kappa shape index (κ3) is 2.95. The van der Waals surface area contributed by atoms with Gasteiger partial charge >= 0.3 is 0 Å². The average Bonchev–Trinajstić information content (AvgIpc) is 2.15. The van der Waals surface area contributed by atoms with Gasteiger partial charge in [0.1, 0.15) is 0 Å². The molecule has 0 spiro atoms. The summed E-state index contributed by atoms with van der Waals surface area (Å²) in [6.07, 6.45) is 5.67. The van der Waals surface area contributed by atoms with Crippen molar-refractivity contribution in [2.24, 2.45) is 5.92 Å². The number of rotatable bonds is 4. The third-order valence-electron chi connectivity index (χ3n) is 2.50. The highest BCUT2D eigenvalue weighted by molar-refractivity contribution is 5.06. The van der Waals surface area contributed by atoms with Gasteiger partial charge in [0, 0.05) is 0 Å². The largest absolute Gasteiger partial charge is 0.392 e. The van der Waals surface area contributed by atoms with Crippen LogP contribution in [0, 0.1) is 5.92 Å². The number of hydrogen-bond donors (Lipinski definition) is 2. The fourth-order valence-corrected chi connectivity index (χ4v) is 1.62. The van der Waals surface area contributed by atoms with E-state index in [1.807, 2.05) is 0 Å². The molecule has 0 saturated heterocycles. The van der Waals surface area contributed by atoms with Gasteiger partial charge in [0.15, 0.2) is 0 Å². The molecule has 0 aromatic rings. The molecule has 1 rings (SSSR count). The molecule has 1 unspecified atom stereocenters. The van der Waals surface area contributed by atoms with Crippen molar-refractivity contribution in [2.75, 3.05) is 19.7 Å². The normalized spacial score (nSPS) is 23.8. The Hall–Kier alpha value is -0.340. The van der Waals surface area contributed by atoms with Crippen molar-refractivity contribution in [3.63, 3.8) is 0 Å². The van der Waals surface area contributed by atoms with Crippen LogP contribution < -0.4 is 5.32 Å². The van der Waals surface area contributed by atoms with Gasteiger partial charge < -0.3 is 10.4 Å². The first-order valence-electron chi connectivity index (χ1n) is 4.86. The average molecular weight is 169 g/mol. The van der Waals surface area contributed by atoms with Crippen LogP contribution in [-0.4, -0.2) is 24.8 Å². The van der Waals surface area contributed by atoms with Crippen molar-refractivity contribution in [2.45, 2.75) is 26.2 Å². The van der Waals surface area contributed by atoms with E-state index >= 15 is 0 Å². The minimum absolute atomic E-state index is 0.258. The molecule has 0 heterocycles. The number of aliphatic hydroxyl groups excluding tert-OH is 1. The molecule has 0 amide bonds. The standard InChI is InChI=1S/C10H19NO/c1-2-11-7-9-3-5-10(8-12)6-4-9/h5,9,11-12H,2-4,6-8H2,1H3. The second kappa shape index (κ2) is 5.33. The van der Waals surface area contributed by atoms with Gasteiger partial charge in [0.25, 0.3) is 0 Å². The summed E-state index contributed by atoms with van der Waals surface area (Å²) in [5.74, 6) is 0.792. The second-order valence-electron chi connectivity index (χ2n) is 3.47. The molecule has 0 fully saturated rings. The summed E-state index contributed by atoms with van der Waals surface area (Å²) in [6.45, 7) is 4.59. The van der Waals surface area contributed by atoms with Gasteiger partial charge in [-0.25, -0.2) is 0 Å². The predicted molar refractivity (Wildman–Crippen MR) is 51.1 cm³/mol. The molecule has 0 aliphatic heterocycles. The predicted octanol–water partition coefficient (Wildman–Crippen LogP) is 1.31. The Kier molecular flexibility index (Phi) is 4.33. The first kappa shape index (κ1) is 9.75. The Balaban J connectivity index is 2.21. The first-order valence-corrected chi connectivity index (χ1v) is 4.86. The highest BCUT2D eigenvalue weighted by atomic mass is 16.3. The van der Waals surface area contributed by atoms with Crippen LogP contribution in [0.3, 0.4) is 0 Å². The van der Waals surface area contributed by atoms with Crippen molar-refractivity contribution in [1.82, 2.24) is 5.32 Å². The van der Waals surface area contributed by atoms with Crippen LogP contribution in [0.15, 0.2) is 11.6 Å². The minimum atomic E-state index is 0.258. The van der Waals surface area contributed by atoms with E-state index in [4.69, 9.17) is 5.11 Å². The van der Waals surface area contributed by atoms with E-state index in [1.54, 1.807) is 0 Å². The smallest absolute Gasteiger partial charge is 0.0641 e. The maximum Gasteiger partial charge on any atom is 0.0641 e. The van der Waals surface area contributed by atoms with Gasteiger partial charge in [0.2, 0.25) is 0 Å². The molecule has 1 atom stereocenters. The number of nitrogens with one attached hydrogen (secondary N) is 1. The highest BCUT2D eigenvalue weighted by Gasteiger charge is 2.12. The van der Waals surface area contributed by atoms with Crippen molar-refractivity contribution < 1.29 is 5.11 Å². The second-order valence-corrected chi connectivity index (χ2v) is 3.47. The van der Waals surface area contributed by atoms with Gasteiger partial charge in [-0.3, -0.25) is 0 Å². The number of aliphatic hydroxyl groups is 1. The summed E-state index contributed by atoms with van der Waals surface area (Å²) in [6, 6.07) is 0. The van der Waals surface area contributed by atoms with Crippen LogP contribution in [0.2, 0.25) is 0 Å². The van der Waals surface area contributed by atoms with Gasteiger partial charge in [0.05, 0.1) is 6.61 Å². The van der Waals surface area contributed by atoms with Crippen molar-refractivity contribution in [3.8, 4) is 0 Å². The summed E-state index contributed by atoms with van der Waals surface area (Å²) in [4.78, 5) is 0. The summed E-state index contributed by atoms with van der Waals surface area (Å²) in [5, 5.41) is 12.2. The fourth-order valence-electron chi connectivity index (χ4n) is 1.62. The lowest BCUT2D eigenvalue weighted by molar-refractivity contribution is 0.314. The highest BCUT2D eigenvalue weighted by Crippen LogP contribution is 2.22. The molecule has 2 heteroatoms. The zero-order valence-electron chi connectivity index (χ0n) is 7.84. The van der Waals surface area contributed by atoms with Crippen molar-refractivity contribution >= 4 is 0 Å². The zero-order chi connectivity index (χ0) is 8.81. The summed E-state index contributed by atoms with van der Waals surface area (Å²) < 4.78 is 0. The van der Waals surface area contributed by atoms with Crippen LogP contribution in [0.25, 0.3) is 0 Å². The first-order chi connectivity index (χ1) is 5.86. The quantitative estimate of drug-likeness (QED) is 0.622. The van der Waals surface area contributed by atoms with E-state index in [0.29, 0.717) is 0 Å². The molecular weight excluding hydrogens is 150 g/mol. The van der Waals surface area contributed by atoms with E-state index in [-0.39, 0.29) is 6.61 Å². The molecule has 0 saturated carbocycles. The molecule has 0 aromatic heterocycles. The van der Waals surface area contributed by atoms with Gasteiger partial charge in [-0.05, 0) is 43.8 Å². The summed E-state index contributed by atoms with van der Waals surface area (Å²) in [7, 11) is 0. The molecule has 1 aliphatic carbocycles. The molecule has 0 aromatic carbocycles. The lowest BCUT2D eigenvalue weighted by Crippen LogP contribution is -2.23. The molecule has 70 valence electrons. The van der Waals surface area contributed by atoms with Crippen LogP contribution in [-0.2, 0) is 0 Å². The monoisotopic (exact) mass is 169 g/mol. The molecule has 2 nitrogen and oxygen atoms in total. The molecule has 1 aliphatic rings. The van der Waals surface area contributed by atoms with Crippen LogP contribution in [0.5, 0.6) is 0 Å². The topological polar surface area (TPSA) is 32.3 Å². The Labute approximate surface area is 74.7 Å².